The molecule has 1 aromatic rings. The highest BCUT2D eigenvalue weighted by Gasteiger charge is 2.17. The molecule has 1 amide bonds. The molecule has 1 rings (SSSR count). The number of halogens is 1. The lowest BCUT2D eigenvalue weighted by atomic mass is 10.0. The summed E-state index contributed by atoms with van der Waals surface area (Å²) in [5.41, 5.74) is 0.916. The number of hydrogen-bond donors (Lipinski definition) is 2. The van der Waals surface area contributed by atoms with Crippen LogP contribution in [-0.4, -0.2) is 24.6 Å². The van der Waals surface area contributed by atoms with Crippen molar-refractivity contribution in [1.29, 1.82) is 0 Å². The van der Waals surface area contributed by atoms with Gasteiger partial charge in [0.1, 0.15) is 5.75 Å². The molecule has 0 aromatic heterocycles. The van der Waals surface area contributed by atoms with Gasteiger partial charge in [0.15, 0.2) is 6.61 Å². The number of amides is 1. The van der Waals surface area contributed by atoms with E-state index in [4.69, 9.17) is 4.74 Å². The van der Waals surface area contributed by atoms with Crippen LogP contribution in [0.3, 0.4) is 0 Å². The Kier molecular flexibility index (Phi) is 7.18. The molecule has 5 heteroatoms. The van der Waals surface area contributed by atoms with Gasteiger partial charge in [-0.25, -0.2) is 0 Å². The van der Waals surface area contributed by atoms with E-state index < -0.39 is 0 Å². The molecule has 0 saturated carbocycles. The highest BCUT2D eigenvalue weighted by Crippen LogP contribution is 2.22. The Morgan fingerprint density at radius 1 is 1.33 bits per heavy atom. The summed E-state index contributed by atoms with van der Waals surface area (Å²) in [6.45, 7) is 9.82. The number of hydrogen-bond acceptors (Lipinski definition) is 3. The third-order valence-electron chi connectivity index (χ3n) is 3.31. The largest absolute Gasteiger partial charge is 0.484 e. The Labute approximate surface area is 135 Å². The van der Waals surface area contributed by atoms with Crippen molar-refractivity contribution in [1.82, 2.24) is 10.6 Å². The van der Waals surface area contributed by atoms with Crippen molar-refractivity contribution in [2.75, 3.05) is 13.2 Å². The minimum absolute atomic E-state index is 0.0334. The van der Waals surface area contributed by atoms with Gasteiger partial charge < -0.3 is 15.4 Å². The van der Waals surface area contributed by atoms with Gasteiger partial charge in [-0.05, 0) is 50.6 Å². The van der Waals surface area contributed by atoms with E-state index in [-0.39, 0.29) is 18.1 Å². The van der Waals surface area contributed by atoms with Crippen LogP contribution in [0.25, 0.3) is 0 Å². The van der Waals surface area contributed by atoms with Crippen LogP contribution in [0, 0.1) is 0 Å². The maximum absolute atomic E-state index is 11.9. The van der Waals surface area contributed by atoms with Gasteiger partial charge in [0.25, 0.3) is 5.91 Å². The minimum Gasteiger partial charge on any atom is -0.484 e. The SMILES string of the molecule is CCNCc1cc(OCC(=O)NC(C)(C)CC)ccc1Br. The van der Waals surface area contributed by atoms with Crippen molar-refractivity contribution in [3.8, 4) is 5.75 Å². The summed E-state index contributed by atoms with van der Waals surface area (Å²) >= 11 is 3.51. The molecule has 0 unspecified atom stereocenters. The third kappa shape index (κ3) is 6.48. The van der Waals surface area contributed by atoms with Gasteiger partial charge in [0.05, 0.1) is 0 Å². The molecular formula is C16H25BrN2O2. The topological polar surface area (TPSA) is 50.4 Å². The van der Waals surface area contributed by atoms with E-state index in [1.54, 1.807) is 0 Å². The lowest BCUT2D eigenvalue weighted by Gasteiger charge is -2.24. The van der Waals surface area contributed by atoms with Crippen molar-refractivity contribution in [3.05, 3.63) is 28.2 Å². The van der Waals surface area contributed by atoms with Gasteiger partial charge in [0.2, 0.25) is 0 Å². The van der Waals surface area contributed by atoms with E-state index >= 15 is 0 Å². The van der Waals surface area contributed by atoms with Gasteiger partial charge in [0, 0.05) is 16.6 Å². The quantitative estimate of drug-likeness (QED) is 0.751. The molecule has 0 aliphatic carbocycles. The molecule has 0 spiro atoms. The highest BCUT2D eigenvalue weighted by atomic mass is 79.9. The van der Waals surface area contributed by atoms with Crippen molar-refractivity contribution in [2.24, 2.45) is 0 Å². The number of ether oxygens (including phenoxy) is 1. The van der Waals surface area contributed by atoms with E-state index in [9.17, 15) is 4.79 Å². The number of rotatable bonds is 8. The second-order valence-electron chi connectivity index (χ2n) is 5.61. The molecule has 4 nitrogen and oxygen atoms in total. The first-order chi connectivity index (χ1) is 9.88. The Bertz CT molecular complexity index is 475. The molecule has 0 aliphatic heterocycles. The van der Waals surface area contributed by atoms with Crippen LogP contribution < -0.4 is 15.4 Å². The second-order valence-corrected chi connectivity index (χ2v) is 6.46. The van der Waals surface area contributed by atoms with Gasteiger partial charge in [-0.15, -0.1) is 0 Å². The fraction of sp³-hybridized carbons (Fsp3) is 0.562. The van der Waals surface area contributed by atoms with Gasteiger partial charge in [-0.1, -0.05) is 29.8 Å². The van der Waals surface area contributed by atoms with Crippen LogP contribution in [0.15, 0.2) is 22.7 Å². The summed E-state index contributed by atoms with van der Waals surface area (Å²) in [7, 11) is 0. The minimum atomic E-state index is -0.198. The zero-order chi connectivity index (χ0) is 15.9. The molecule has 0 atom stereocenters. The molecular weight excluding hydrogens is 332 g/mol. The fourth-order valence-corrected chi connectivity index (χ4v) is 2.07. The van der Waals surface area contributed by atoms with E-state index in [1.165, 1.54) is 0 Å². The average molecular weight is 357 g/mol. The Morgan fingerprint density at radius 3 is 2.67 bits per heavy atom. The van der Waals surface area contributed by atoms with E-state index in [2.05, 4.69) is 33.5 Å². The number of nitrogens with one attached hydrogen (secondary N) is 2. The standard InChI is InChI=1S/C16H25BrN2O2/c1-5-16(3,4)19-15(20)11-21-13-7-8-14(17)12(9-13)10-18-6-2/h7-9,18H,5-6,10-11H2,1-4H3,(H,19,20). The van der Waals surface area contributed by atoms with E-state index in [0.717, 1.165) is 29.5 Å². The highest BCUT2D eigenvalue weighted by molar-refractivity contribution is 9.10. The van der Waals surface area contributed by atoms with Crippen LogP contribution in [0.5, 0.6) is 5.75 Å². The lowest BCUT2D eigenvalue weighted by molar-refractivity contribution is -0.124. The van der Waals surface area contributed by atoms with Crippen molar-refractivity contribution >= 4 is 21.8 Å². The smallest absolute Gasteiger partial charge is 0.258 e. The summed E-state index contributed by atoms with van der Waals surface area (Å²) in [4.78, 5) is 11.9. The molecule has 0 bridgehead atoms. The van der Waals surface area contributed by atoms with Crippen LogP contribution in [0.2, 0.25) is 0 Å². The first-order valence-electron chi connectivity index (χ1n) is 7.31. The Balaban J connectivity index is 2.57. The van der Waals surface area contributed by atoms with Gasteiger partial charge in [-0.3, -0.25) is 4.79 Å². The second kappa shape index (κ2) is 8.39. The first-order valence-corrected chi connectivity index (χ1v) is 8.10. The number of benzene rings is 1. The average Bonchev–Trinajstić information content (AvgIpc) is 2.44. The van der Waals surface area contributed by atoms with Gasteiger partial charge in [-0.2, -0.15) is 0 Å². The monoisotopic (exact) mass is 356 g/mol. The van der Waals surface area contributed by atoms with Crippen LogP contribution in [-0.2, 0) is 11.3 Å². The molecule has 0 fully saturated rings. The van der Waals surface area contributed by atoms with Crippen LogP contribution in [0.4, 0.5) is 0 Å². The predicted octanol–water partition coefficient (Wildman–Crippen LogP) is 3.24. The van der Waals surface area contributed by atoms with Crippen molar-refractivity contribution in [3.63, 3.8) is 0 Å². The number of carbonyl (C=O) groups excluding carboxylic acids is 1. The molecule has 0 saturated heterocycles. The molecule has 0 aliphatic rings. The lowest BCUT2D eigenvalue weighted by Crippen LogP contribution is -2.44. The molecule has 21 heavy (non-hydrogen) atoms. The maximum atomic E-state index is 11.9. The summed E-state index contributed by atoms with van der Waals surface area (Å²) in [5.74, 6) is 0.605. The maximum Gasteiger partial charge on any atom is 0.258 e. The van der Waals surface area contributed by atoms with E-state index in [1.807, 2.05) is 39.0 Å². The third-order valence-corrected chi connectivity index (χ3v) is 4.09. The molecule has 0 heterocycles. The fourth-order valence-electron chi connectivity index (χ4n) is 1.69. The number of carbonyl (C=O) groups is 1. The zero-order valence-electron chi connectivity index (χ0n) is 13.3. The first kappa shape index (κ1) is 18.0. The van der Waals surface area contributed by atoms with Crippen LogP contribution in [0.1, 0.15) is 39.7 Å². The van der Waals surface area contributed by atoms with Gasteiger partial charge >= 0.3 is 0 Å². The van der Waals surface area contributed by atoms with Crippen molar-refractivity contribution in [2.45, 2.75) is 46.2 Å². The molecule has 0 radical (unpaired) electrons. The van der Waals surface area contributed by atoms with E-state index in [0.29, 0.717) is 5.75 Å². The summed E-state index contributed by atoms with van der Waals surface area (Å²) in [6, 6.07) is 5.75. The summed E-state index contributed by atoms with van der Waals surface area (Å²) in [5, 5.41) is 6.22. The molecule has 118 valence electrons. The molecule has 2 N–H and O–H groups in total. The van der Waals surface area contributed by atoms with Crippen molar-refractivity contribution < 1.29 is 9.53 Å². The Hall–Kier alpha value is -1.07. The summed E-state index contributed by atoms with van der Waals surface area (Å²) < 4.78 is 6.61. The zero-order valence-corrected chi connectivity index (χ0v) is 14.8. The normalized spacial score (nSPS) is 11.3. The van der Waals surface area contributed by atoms with Crippen LogP contribution >= 0.6 is 15.9 Å². The Morgan fingerprint density at radius 2 is 2.05 bits per heavy atom. The molecule has 1 aromatic carbocycles. The predicted molar refractivity (Wildman–Crippen MR) is 89.5 cm³/mol. The summed E-state index contributed by atoms with van der Waals surface area (Å²) in [6.07, 6.45) is 0.879.